The monoisotopic (exact) mass is 444 g/mol. The fourth-order valence-electron chi connectivity index (χ4n) is 4.14. The Morgan fingerprint density at radius 3 is 1.16 bits per heavy atom. The molecule has 0 fully saturated rings. The van der Waals surface area contributed by atoms with Crippen molar-refractivity contribution >= 4 is 0 Å². The van der Waals surface area contributed by atoms with Crippen molar-refractivity contribution in [3.63, 3.8) is 0 Å². The van der Waals surface area contributed by atoms with Crippen LogP contribution in [0.2, 0.25) is 0 Å². The van der Waals surface area contributed by atoms with Crippen LogP contribution >= 0.6 is 0 Å². The summed E-state index contributed by atoms with van der Waals surface area (Å²) in [5, 5.41) is 19.4. The highest BCUT2D eigenvalue weighted by atomic mass is 16.3. The Labute approximate surface area is 191 Å². The van der Waals surface area contributed by atoms with Crippen molar-refractivity contribution in [1.29, 1.82) is 0 Å². The molecule has 178 valence electrons. The quantitative estimate of drug-likeness (QED) is 0.359. The van der Waals surface area contributed by atoms with E-state index in [0.717, 1.165) is 25.9 Å². The zero-order valence-corrected chi connectivity index (χ0v) is 19.8. The molecule has 0 bridgehead atoms. The zero-order valence-electron chi connectivity index (χ0n) is 19.8. The summed E-state index contributed by atoms with van der Waals surface area (Å²) in [6.45, 7) is 5.28. The third kappa shape index (κ3) is 8.21. The van der Waals surface area contributed by atoms with E-state index in [9.17, 15) is 19.8 Å². The zero-order chi connectivity index (χ0) is 23.3. The minimum atomic E-state index is -0.305. The first-order chi connectivity index (χ1) is 15.4. The molecule has 2 N–H and O–H groups in total. The molecule has 6 heteroatoms. The van der Waals surface area contributed by atoms with Gasteiger partial charge in [-0.05, 0) is 26.7 Å². The Bertz CT molecular complexity index is 868. The van der Waals surface area contributed by atoms with Gasteiger partial charge in [0.1, 0.15) is 0 Å². The average Bonchev–Trinajstić information content (AvgIpc) is 2.78. The van der Waals surface area contributed by atoms with Gasteiger partial charge in [-0.2, -0.15) is 0 Å². The van der Waals surface area contributed by atoms with Gasteiger partial charge in [0, 0.05) is 37.6 Å². The number of unbranched alkanes of at least 4 members (excludes halogenated alkanes) is 11. The highest BCUT2D eigenvalue weighted by Crippen LogP contribution is 2.15. The highest BCUT2D eigenvalue weighted by molar-refractivity contribution is 5.25. The third-order valence-electron chi connectivity index (χ3n) is 6.37. The molecule has 0 aliphatic heterocycles. The predicted molar refractivity (Wildman–Crippen MR) is 130 cm³/mol. The normalized spacial score (nSPS) is 11.2. The molecule has 0 radical (unpaired) electrons. The van der Waals surface area contributed by atoms with Gasteiger partial charge in [0.05, 0.1) is 11.4 Å². The maximum Gasteiger partial charge on any atom is 0.223 e. The molecule has 0 atom stereocenters. The topological polar surface area (TPSA) is 84.5 Å². The van der Waals surface area contributed by atoms with Gasteiger partial charge in [0.25, 0.3) is 0 Å². The molecule has 0 amide bonds. The van der Waals surface area contributed by atoms with E-state index in [1.807, 2.05) is 9.13 Å². The molecule has 0 saturated heterocycles. The van der Waals surface area contributed by atoms with Crippen LogP contribution in [-0.4, -0.2) is 19.3 Å². The van der Waals surface area contributed by atoms with Crippen LogP contribution in [0, 0.1) is 13.8 Å². The molecule has 2 heterocycles. The van der Waals surface area contributed by atoms with Gasteiger partial charge in [-0.1, -0.05) is 64.2 Å². The van der Waals surface area contributed by atoms with Gasteiger partial charge in [0.15, 0.2) is 11.5 Å². The Hall–Kier alpha value is -2.50. The number of hydrogen-bond acceptors (Lipinski definition) is 4. The molecular weight excluding hydrogens is 404 g/mol. The molecule has 0 aliphatic rings. The summed E-state index contributed by atoms with van der Waals surface area (Å²) in [5.41, 5.74) is 0.703. The fourth-order valence-corrected chi connectivity index (χ4v) is 4.14. The van der Waals surface area contributed by atoms with Crippen molar-refractivity contribution in [3.05, 3.63) is 56.4 Å². The van der Waals surface area contributed by atoms with E-state index >= 15 is 0 Å². The minimum Gasteiger partial charge on any atom is -0.503 e. The first-order valence-electron chi connectivity index (χ1n) is 12.2. The van der Waals surface area contributed by atoms with Crippen LogP contribution in [0.15, 0.2) is 34.1 Å². The molecule has 2 rings (SSSR count). The molecule has 0 aliphatic carbocycles. The van der Waals surface area contributed by atoms with E-state index in [2.05, 4.69) is 0 Å². The summed E-state index contributed by atoms with van der Waals surface area (Å²) in [5.74, 6) is -0.256. The second-order valence-corrected chi connectivity index (χ2v) is 8.86. The number of aryl methyl sites for hydroxylation is 2. The van der Waals surface area contributed by atoms with Gasteiger partial charge in [-0.15, -0.1) is 0 Å². The van der Waals surface area contributed by atoms with Crippen LogP contribution in [0.25, 0.3) is 0 Å². The number of pyridine rings is 2. The highest BCUT2D eigenvalue weighted by Gasteiger charge is 2.05. The van der Waals surface area contributed by atoms with E-state index in [1.165, 1.54) is 76.3 Å². The molecule has 0 aromatic carbocycles. The van der Waals surface area contributed by atoms with Crippen LogP contribution < -0.4 is 10.9 Å². The SMILES string of the molecule is Cc1c(O)c(=O)ccn1CCCCCCCCCCCCCCn1ccc(=O)c(O)c1C. The summed E-state index contributed by atoms with van der Waals surface area (Å²) < 4.78 is 3.92. The van der Waals surface area contributed by atoms with Crippen LogP contribution in [0.5, 0.6) is 11.5 Å². The van der Waals surface area contributed by atoms with Crippen molar-refractivity contribution in [2.45, 2.75) is 104 Å². The van der Waals surface area contributed by atoms with Gasteiger partial charge >= 0.3 is 0 Å². The standard InChI is InChI=1S/C26H40N2O4/c1-21-25(31)23(29)15-19-27(21)17-13-11-9-7-5-3-4-6-8-10-12-14-18-28-20-16-24(30)26(32)22(28)2/h15-16,19-20,31-32H,3-14,17-18H2,1-2H3. The molecule has 0 unspecified atom stereocenters. The van der Waals surface area contributed by atoms with Crippen molar-refractivity contribution in [3.8, 4) is 11.5 Å². The number of hydrogen-bond donors (Lipinski definition) is 2. The Balaban J connectivity index is 1.41. The Morgan fingerprint density at radius 1 is 0.562 bits per heavy atom. The van der Waals surface area contributed by atoms with Crippen molar-refractivity contribution < 1.29 is 10.2 Å². The van der Waals surface area contributed by atoms with Gasteiger partial charge in [-0.3, -0.25) is 9.59 Å². The maximum absolute atomic E-state index is 11.4. The number of aromatic nitrogens is 2. The molecule has 0 spiro atoms. The molecule has 6 nitrogen and oxygen atoms in total. The van der Waals surface area contributed by atoms with Gasteiger partial charge < -0.3 is 19.3 Å². The van der Waals surface area contributed by atoms with Crippen LogP contribution in [0.4, 0.5) is 0 Å². The van der Waals surface area contributed by atoms with E-state index < -0.39 is 0 Å². The van der Waals surface area contributed by atoms with Crippen LogP contribution in [0.1, 0.15) is 88.4 Å². The van der Waals surface area contributed by atoms with E-state index in [0.29, 0.717) is 11.4 Å². The first-order valence-corrected chi connectivity index (χ1v) is 12.2. The lowest BCUT2D eigenvalue weighted by Crippen LogP contribution is -2.10. The van der Waals surface area contributed by atoms with Crippen molar-refractivity contribution in [2.75, 3.05) is 0 Å². The second kappa shape index (κ2) is 13.8. The predicted octanol–water partition coefficient (Wildman–Crippen LogP) is 5.42. The molecule has 2 aromatic rings. The summed E-state index contributed by atoms with van der Waals surface area (Å²) in [6.07, 6.45) is 18.3. The van der Waals surface area contributed by atoms with Crippen LogP contribution in [0.3, 0.4) is 0 Å². The largest absolute Gasteiger partial charge is 0.503 e. The second-order valence-electron chi connectivity index (χ2n) is 8.86. The maximum atomic E-state index is 11.4. The molecule has 0 saturated carbocycles. The molecule has 32 heavy (non-hydrogen) atoms. The first kappa shape index (κ1) is 25.8. The number of aromatic hydroxyl groups is 2. The van der Waals surface area contributed by atoms with Crippen molar-refractivity contribution in [2.24, 2.45) is 0 Å². The summed E-state index contributed by atoms with van der Waals surface area (Å²) in [7, 11) is 0. The smallest absolute Gasteiger partial charge is 0.223 e. The Kier molecular flexibility index (Phi) is 11.1. The summed E-state index contributed by atoms with van der Waals surface area (Å²) in [4.78, 5) is 22.8. The molecule has 2 aromatic heterocycles. The Morgan fingerprint density at radius 2 is 0.844 bits per heavy atom. The lowest BCUT2D eigenvalue weighted by atomic mass is 10.0. The fraction of sp³-hybridized carbons (Fsp3) is 0.615. The summed E-state index contributed by atoms with van der Waals surface area (Å²) >= 11 is 0. The number of nitrogens with zero attached hydrogens (tertiary/aromatic N) is 2. The van der Waals surface area contributed by atoms with E-state index in [1.54, 1.807) is 26.2 Å². The van der Waals surface area contributed by atoms with E-state index in [4.69, 9.17) is 0 Å². The third-order valence-corrected chi connectivity index (χ3v) is 6.37. The lowest BCUT2D eigenvalue weighted by molar-refractivity contribution is 0.448. The van der Waals surface area contributed by atoms with Gasteiger partial charge in [-0.25, -0.2) is 0 Å². The average molecular weight is 445 g/mol. The lowest BCUT2D eigenvalue weighted by Gasteiger charge is -2.11. The summed E-state index contributed by atoms with van der Waals surface area (Å²) in [6, 6.07) is 2.86. The van der Waals surface area contributed by atoms with Crippen LogP contribution in [-0.2, 0) is 13.1 Å². The number of rotatable bonds is 15. The van der Waals surface area contributed by atoms with E-state index in [-0.39, 0.29) is 22.4 Å². The minimum absolute atomic E-state index is 0.128. The van der Waals surface area contributed by atoms with Gasteiger partial charge in [0.2, 0.25) is 10.9 Å². The van der Waals surface area contributed by atoms with Crippen molar-refractivity contribution in [1.82, 2.24) is 9.13 Å². The molecular formula is C26H40N2O4.